The van der Waals surface area contributed by atoms with Crippen molar-refractivity contribution in [3.8, 4) is 0 Å². The highest BCUT2D eigenvalue weighted by molar-refractivity contribution is 5.44. The highest BCUT2D eigenvalue weighted by Crippen LogP contribution is 2.24. The molecule has 1 N–H and O–H groups in total. The van der Waals surface area contributed by atoms with E-state index in [-0.39, 0.29) is 0 Å². The van der Waals surface area contributed by atoms with Crippen LogP contribution in [0.5, 0.6) is 0 Å². The van der Waals surface area contributed by atoms with Crippen LogP contribution < -0.4 is 10.2 Å². The van der Waals surface area contributed by atoms with E-state index in [1.807, 2.05) is 0 Å². The zero-order chi connectivity index (χ0) is 13.0. The first-order valence-electron chi connectivity index (χ1n) is 7.15. The van der Waals surface area contributed by atoms with Gasteiger partial charge in [0.25, 0.3) is 0 Å². The fourth-order valence-electron chi connectivity index (χ4n) is 2.65. The molecule has 0 saturated carbocycles. The standard InChI is InChI=1S/C15H25N3/c1-4-7-16-11-14-9-12(2)17-15(10-14)18-8-5-6-13(18)3/h9-10,13,16H,4-8,11H2,1-3H3. The van der Waals surface area contributed by atoms with Crippen molar-refractivity contribution in [3.63, 3.8) is 0 Å². The van der Waals surface area contributed by atoms with Crippen molar-refractivity contribution in [2.24, 2.45) is 0 Å². The third-order valence-corrected chi connectivity index (χ3v) is 3.60. The maximum atomic E-state index is 4.69. The molecular weight excluding hydrogens is 222 g/mol. The molecule has 1 atom stereocenters. The Morgan fingerprint density at radius 3 is 2.94 bits per heavy atom. The molecule has 3 nitrogen and oxygen atoms in total. The molecule has 1 aliphatic rings. The van der Waals surface area contributed by atoms with Crippen molar-refractivity contribution in [3.05, 3.63) is 23.4 Å². The Morgan fingerprint density at radius 2 is 2.28 bits per heavy atom. The second-order valence-corrected chi connectivity index (χ2v) is 5.34. The van der Waals surface area contributed by atoms with E-state index in [0.29, 0.717) is 6.04 Å². The average molecular weight is 247 g/mol. The van der Waals surface area contributed by atoms with Crippen LogP contribution in [0.25, 0.3) is 0 Å². The number of aryl methyl sites for hydroxylation is 1. The number of hydrogen-bond donors (Lipinski definition) is 1. The van der Waals surface area contributed by atoms with E-state index in [1.54, 1.807) is 0 Å². The van der Waals surface area contributed by atoms with Gasteiger partial charge in [0.15, 0.2) is 0 Å². The van der Waals surface area contributed by atoms with Gasteiger partial charge < -0.3 is 10.2 Å². The van der Waals surface area contributed by atoms with Gasteiger partial charge in [-0.3, -0.25) is 0 Å². The van der Waals surface area contributed by atoms with E-state index < -0.39 is 0 Å². The second kappa shape index (κ2) is 6.19. The summed E-state index contributed by atoms with van der Waals surface area (Å²) in [5.41, 5.74) is 2.48. The Bertz CT molecular complexity index is 389. The number of nitrogens with one attached hydrogen (secondary N) is 1. The van der Waals surface area contributed by atoms with Crippen LogP contribution in [0.4, 0.5) is 5.82 Å². The van der Waals surface area contributed by atoms with Gasteiger partial charge in [-0.05, 0) is 57.4 Å². The summed E-state index contributed by atoms with van der Waals surface area (Å²) in [6.45, 7) is 9.77. The summed E-state index contributed by atoms with van der Waals surface area (Å²) in [6.07, 6.45) is 3.76. The van der Waals surface area contributed by atoms with Gasteiger partial charge in [0.05, 0.1) is 0 Å². The van der Waals surface area contributed by atoms with Crippen molar-refractivity contribution in [2.45, 2.75) is 52.6 Å². The van der Waals surface area contributed by atoms with E-state index in [9.17, 15) is 0 Å². The summed E-state index contributed by atoms with van der Waals surface area (Å²) in [5.74, 6) is 1.16. The number of pyridine rings is 1. The molecule has 1 fully saturated rings. The van der Waals surface area contributed by atoms with Crippen LogP contribution >= 0.6 is 0 Å². The van der Waals surface area contributed by atoms with Crippen LogP contribution in [0, 0.1) is 6.92 Å². The number of nitrogens with zero attached hydrogens (tertiary/aromatic N) is 2. The van der Waals surface area contributed by atoms with Gasteiger partial charge in [-0.25, -0.2) is 4.98 Å². The molecule has 0 spiro atoms. The third-order valence-electron chi connectivity index (χ3n) is 3.60. The van der Waals surface area contributed by atoms with Crippen molar-refractivity contribution in [1.82, 2.24) is 10.3 Å². The molecule has 3 heteroatoms. The smallest absolute Gasteiger partial charge is 0.129 e. The lowest BCUT2D eigenvalue weighted by molar-refractivity contribution is 0.672. The van der Waals surface area contributed by atoms with Gasteiger partial charge in [0.2, 0.25) is 0 Å². The van der Waals surface area contributed by atoms with E-state index in [0.717, 1.165) is 31.1 Å². The van der Waals surface area contributed by atoms with Gasteiger partial charge in [-0.2, -0.15) is 0 Å². The van der Waals surface area contributed by atoms with E-state index in [1.165, 1.54) is 24.8 Å². The fourth-order valence-corrected chi connectivity index (χ4v) is 2.65. The van der Waals surface area contributed by atoms with E-state index in [4.69, 9.17) is 4.98 Å². The zero-order valence-corrected chi connectivity index (χ0v) is 11.9. The summed E-state index contributed by atoms with van der Waals surface area (Å²) in [5, 5.41) is 3.46. The Morgan fingerprint density at radius 1 is 1.44 bits per heavy atom. The first kappa shape index (κ1) is 13.3. The first-order valence-corrected chi connectivity index (χ1v) is 7.15. The van der Waals surface area contributed by atoms with Crippen LogP contribution in [0.3, 0.4) is 0 Å². The molecule has 1 aromatic rings. The average Bonchev–Trinajstić information content (AvgIpc) is 2.75. The van der Waals surface area contributed by atoms with Gasteiger partial charge >= 0.3 is 0 Å². The summed E-state index contributed by atoms with van der Waals surface area (Å²) < 4.78 is 0. The highest BCUT2D eigenvalue weighted by Gasteiger charge is 2.21. The lowest BCUT2D eigenvalue weighted by Gasteiger charge is -2.23. The molecule has 1 saturated heterocycles. The predicted molar refractivity (Wildman–Crippen MR) is 77.0 cm³/mol. The second-order valence-electron chi connectivity index (χ2n) is 5.34. The molecule has 2 heterocycles. The fraction of sp³-hybridized carbons (Fsp3) is 0.667. The number of anilines is 1. The molecule has 0 bridgehead atoms. The maximum absolute atomic E-state index is 4.69. The molecule has 18 heavy (non-hydrogen) atoms. The number of rotatable bonds is 5. The Labute approximate surface area is 111 Å². The van der Waals surface area contributed by atoms with E-state index >= 15 is 0 Å². The lowest BCUT2D eigenvalue weighted by Crippen LogP contribution is -2.27. The summed E-state index contributed by atoms with van der Waals surface area (Å²) in [4.78, 5) is 7.13. The van der Waals surface area contributed by atoms with E-state index in [2.05, 4.69) is 43.1 Å². The SMILES string of the molecule is CCCNCc1cc(C)nc(N2CCCC2C)c1. The molecule has 0 radical (unpaired) electrons. The minimum atomic E-state index is 0.635. The molecule has 2 rings (SSSR count). The summed E-state index contributed by atoms with van der Waals surface area (Å²) >= 11 is 0. The van der Waals surface area contributed by atoms with Crippen LogP contribution in [0.1, 0.15) is 44.4 Å². The van der Waals surface area contributed by atoms with Crippen LogP contribution in [-0.2, 0) is 6.54 Å². The lowest BCUT2D eigenvalue weighted by atomic mass is 10.2. The Kier molecular flexibility index (Phi) is 4.59. The van der Waals surface area contributed by atoms with Gasteiger partial charge in [-0.15, -0.1) is 0 Å². The first-order chi connectivity index (χ1) is 8.70. The van der Waals surface area contributed by atoms with Gasteiger partial charge in [-0.1, -0.05) is 6.92 Å². The van der Waals surface area contributed by atoms with Crippen molar-refractivity contribution in [1.29, 1.82) is 0 Å². The van der Waals surface area contributed by atoms with Crippen molar-refractivity contribution < 1.29 is 0 Å². The minimum absolute atomic E-state index is 0.635. The van der Waals surface area contributed by atoms with Gasteiger partial charge in [0, 0.05) is 24.8 Å². The largest absolute Gasteiger partial charge is 0.354 e. The minimum Gasteiger partial charge on any atom is -0.354 e. The zero-order valence-electron chi connectivity index (χ0n) is 11.9. The molecule has 1 unspecified atom stereocenters. The normalized spacial score (nSPS) is 19.5. The molecule has 0 amide bonds. The molecular formula is C15H25N3. The molecule has 1 aliphatic heterocycles. The summed E-state index contributed by atoms with van der Waals surface area (Å²) in [7, 11) is 0. The highest BCUT2D eigenvalue weighted by atomic mass is 15.2. The predicted octanol–water partition coefficient (Wildman–Crippen LogP) is 2.88. The summed E-state index contributed by atoms with van der Waals surface area (Å²) in [6, 6.07) is 5.07. The topological polar surface area (TPSA) is 28.2 Å². The monoisotopic (exact) mass is 247 g/mol. The van der Waals surface area contributed by atoms with Crippen molar-refractivity contribution in [2.75, 3.05) is 18.0 Å². The molecule has 0 aromatic carbocycles. The third kappa shape index (κ3) is 3.22. The maximum Gasteiger partial charge on any atom is 0.129 e. The molecule has 0 aliphatic carbocycles. The van der Waals surface area contributed by atoms with Crippen molar-refractivity contribution >= 4 is 5.82 Å². The molecule has 1 aromatic heterocycles. The van der Waals surface area contributed by atoms with Crippen LogP contribution in [0.15, 0.2) is 12.1 Å². The Balaban J connectivity index is 2.10. The quantitative estimate of drug-likeness (QED) is 0.811. The van der Waals surface area contributed by atoms with Crippen LogP contribution in [0.2, 0.25) is 0 Å². The number of hydrogen-bond acceptors (Lipinski definition) is 3. The van der Waals surface area contributed by atoms with Crippen LogP contribution in [-0.4, -0.2) is 24.1 Å². The Hall–Kier alpha value is -1.09. The van der Waals surface area contributed by atoms with Gasteiger partial charge in [0.1, 0.15) is 5.82 Å². The molecule has 100 valence electrons. The number of aromatic nitrogens is 1.